The molecule has 1 amide bonds. The summed E-state index contributed by atoms with van der Waals surface area (Å²) in [4.78, 5) is 13.1. The number of unbranched alkanes of at least 4 members (excludes halogenated alkanes) is 31. The van der Waals surface area contributed by atoms with E-state index in [1.54, 1.807) is 6.08 Å². The normalized spacial score (nSPS) is 19.5. The second kappa shape index (κ2) is 54.7. The molecule has 1 rings (SSSR count). The van der Waals surface area contributed by atoms with E-state index < -0.39 is 49.5 Å². The first kappa shape index (κ1) is 70.4. The van der Waals surface area contributed by atoms with Crippen molar-refractivity contribution >= 4 is 5.91 Å². The van der Waals surface area contributed by atoms with E-state index in [9.17, 15) is 30.3 Å². The average molecular weight is 1050 g/mol. The van der Waals surface area contributed by atoms with Crippen molar-refractivity contribution in [3.8, 4) is 0 Å². The van der Waals surface area contributed by atoms with Crippen LogP contribution in [0.2, 0.25) is 0 Å². The Balaban J connectivity index is 2.10. The highest BCUT2D eigenvalue weighted by molar-refractivity contribution is 5.76. The van der Waals surface area contributed by atoms with Crippen molar-refractivity contribution in [2.75, 3.05) is 13.2 Å². The van der Waals surface area contributed by atoms with Gasteiger partial charge in [0.05, 0.1) is 25.4 Å². The van der Waals surface area contributed by atoms with Crippen LogP contribution in [0.25, 0.3) is 0 Å². The number of nitrogens with one attached hydrogen (secondary N) is 1. The molecule has 1 aliphatic rings. The van der Waals surface area contributed by atoms with Gasteiger partial charge in [-0.05, 0) is 70.6 Å². The van der Waals surface area contributed by atoms with Gasteiger partial charge >= 0.3 is 0 Å². The predicted molar refractivity (Wildman–Crippen MR) is 318 cm³/mol. The fraction of sp³-hybridized carbons (Fsp3) is 0.773. The van der Waals surface area contributed by atoms with Crippen LogP contribution < -0.4 is 5.32 Å². The second-order valence-corrected chi connectivity index (χ2v) is 21.5. The Morgan fingerprint density at radius 3 is 1.23 bits per heavy atom. The Kier molecular flexibility index (Phi) is 51.3. The van der Waals surface area contributed by atoms with E-state index >= 15 is 0 Å². The number of aliphatic hydroxyl groups excluding tert-OH is 5. The molecule has 0 saturated carbocycles. The van der Waals surface area contributed by atoms with Crippen molar-refractivity contribution in [2.24, 2.45) is 0 Å². The molecule has 7 atom stereocenters. The molecule has 6 N–H and O–H groups in total. The quantitative estimate of drug-likeness (QED) is 0.0261. The maximum absolute atomic E-state index is 13.1. The monoisotopic (exact) mass is 1050 g/mol. The maximum atomic E-state index is 13.1. The van der Waals surface area contributed by atoms with Gasteiger partial charge in [0.2, 0.25) is 5.91 Å². The Bertz CT molecular complexity index is 1450. The standard InChI is InChI=1S/C66H117NO8/c1-3-5-7-9-11-13-15-17-19-20-21-22-23-24-25-26-27-28-29-30-31-32-33-34-35-36-37-38-39-40-42-44-46-48-50-52-54-56-62(70)67-59(58-74-66-65(73)64(72)63(71)61(57-68)75-66)60(69)55-53-51-49-47-45-43-41-18-16-14-12-10-8-6-4-2/h5,7,11,13,17,19,21-22,24-25,27-28,53,55,59-61,63-66,68-69,71-73H,3-4,6,8-10,12,14-16,18,20,23,26,29-52,54,56-58H2,1-2H3,(H,67,70)/b7-5-,13-11-,19-17-,22-21-,25-24-,28-27-,55-53+. The van der Waals surface area contributed by atoms with Crippen LogP contribution in [0.15, 0.2) is 85.1 Å². The zero-order valence-corrected chi connectivity index (χ0v) is 48.3. The summed E-state index contributed by atoms with van der Waals surface area (Å²) in [6.07, 6.45) is 70.9. The predicted octanol–water partition coefficient (Wildman–Crippen LogP) is 16.2. The van der Waals surface area contributed by atoms with Crippen LogP contribution in [-0.4, -0.2) is 87.5 Å². The van der Waals surface area contributed by atoms with Crippen molar-refractivity contribution in [2.45, 2.75) is 314 Å². The molecule has 1 heterocycles. The van der Waals surface area contributed by atoms with Crippen molar-refractivity contribution in [3.05, 3.63) is 85.1 Å². The number of hydrogen-bond acceptors (Lipinski definition) is 8. The van der Waals surface area contributed by atoms with E-state index in [4.69, 9.17) is 9.47 Å². The molecule has 0 aromatic carbocycles. The van der Waals surface area contributed by atoms with Crippen LogP contribution in [0.1, 0.15) is 271 Å². The lowest BCUT2D eigenvalue weighted by Gasteiger charge is -2.40. The van der Waals surface area contributed by atoms with E-state index in [2.05, 4.69) is 92.1 Å². The van der Waals surface area contributed by atoms with Gasteiger partial charge in [0, 0.05) is 6.42 Å². The molecule has 7 unspecified atom stereocenters. The SMILES string of the molecule is CC/C=C\C/C=C\C/C=C\C/C=C\C/C=C\C/C=C\CCCCCCCCCCCCCCCCCCCCC(=O)NC(COC1OC(CO)C(O)C(O)C1O)C(O)/C=C/CCCCCCCCCCCCCCC. The molecule has 0 spiro atoms. The highest BCUT2D eigenvalue weighted by Gasteiger charge is 2.44. The van der Waals surface area contributed by atoms with Crippen molar-refractivity contribution in [3.63, 3.8) is 0 Å². The summed E-state index contributed by atoms with van der Waals surface area (Å²) in [5.41, 5.74) is 0. The highest BCUT2D eigenvalue weighted by Crippen LogP contribution is 2.23. The van der Waals surface area contributed by atoms with E-state index in [0.717, 1.165) is 77.0 Å². The largest absolute Gasteiger partial charge is 0.394 e. The number of rotatable bonds is 53. The third kappa shape index (κ3) is 44.0. The van der Waals surface area contributed by atoms with E-state index in [1.807, 2.05) is 6.08 Å². The molecule has 0 bridgehead atoms. The lowest BCUT2D eigenvalue weighted by molar-refractivity contribution is -0.302. The van der Waals surface area contributed by atoms with Gasteiger partial charge in [0.1, 0.15) is 24.4 Å². The summed E-state index contributed by atoms with van der Waals surface area (Å²) in [6, 6.07) is -0.807. The van der Waals surface area contributed by atoms with Gasteiger partial charge in [0.15, 0.2) is 6.29 Å². The molecule has 434 valence electrons. The highest BCUT2D eigenvalue weighted by atomic mass is 16.7. The summed E-state index contributed by atoms with van der Waals surface area (Å²) < 4.78 is 11.3. The number of carbonyl (C=O) groups excluding carboxylic acids is 1. The smallest absolute Gasteiger partial charge is 0.220 e. The summed E-state index contributed by atoms with van der Waals surface area (Å²) in [7, 11) is 0. The van der Waals surface area contributed by atoms with Crippen LogP contribution in [0.3, 0.4) is 0 Å². The first-order chi connectivity index (χ1) is 36.8. The third-order valence-electron chi connectivity index (χ3n) is 14.5. The number of amides is 1. The van der Waals surface area contributed by atoms with Crippen LogP contribution in [0.5, 0.6) is 0 Å². The fourth-order valence-corrected chi connectivity index (χ4v) is 9.57. The Labute approximate surface area is 461 Å². The summed E-state index contributed by atoms with van der Waals surface area (Å²) in [5.74, 6) is -0.176. The van der Waals surface area contributed by atoms with Crippen LogP contribution in [0.4, 0.5) is 0 Å². The zero-order valence-electron chi connectivity index (χ0n) is 48.3. The van der Waals surface area contributed by atoms with E-state index in [0.29, 0.717) is 6.42 Å². The van der Waals surface area contributed by atoms with Gasteiger partial charge in [-0.25, -0.2) is 0 Å². The molecular formula is C66H117NO8. The van der Waals surface area contributed by atoms with Gasteiger partial charge in [-0.1, -0.05) is 279 Å². The minimum Gasteiger partial charge on any atom is -0.394 e. The first-order valence-corrected chi connectivity index (χ1v) is 31.3. The third-order valence-corrected chi connectivity index (χ3v) is 14.5. The average Bonchev–Trinajstić information content (AvgIpc) is 3.41. The van der Waals surface area contributed by atoms with Crippen LogP contribution >= 0.6 is 0 Å². The lowest BCUT2D eigenvalue weighted by Crippen LogP contribution is -2.60. The first-order valence-electron chi connectivity index (χ1n) is 31.3. The molecule has 1 saturated heterocycles. The number of hydrogen-bond donors (Lipinski definition) is 6. The number of carbonyl (C=O) groups is 1. The lowest BCUT2D eigenvalue weighted by atomic mass is 9.99. The minimum atomic E-state index is -1.57. The molecule has 0 aromatic rings. The Morgan fingerprint density at radius 1 is 0.467 bits per heavy atom. The summed E-state index contributed by atoms with van der Waals surface area (Å²) >= 11 is 0. The molecule has 0 aromatic heterocycles. The number of ether oxygens (including phenoxy) is 2. The van der Waals surface area contributed by atoms with E-state index in [-0.39, 0.29) is 12.5 Å². The van der Waals surface area contributed by atoms with Crippen molar-refractivity contribution in [1.29, 1.82) is 0 Å². The minimum absolute atomic E-state index is 0.176. The van der Waals surface area contributed by atoms with Crippen molar-refractivity contribution < 1.29 is 39.8 Å². The number of aliphatic hydroxyl groups is 5. The molecule has 1 fully saturated rings. The summed E-state index contributed by atoms with van der Waals surface area (Å²) in [6.45, 7) is 3.67. The van der Waals surface area contributed by atoms with Gasteiger partial charge in [-0.15, -0.1) is 0 Å². The second-order valence-electron chi connectivity index (χ2n) is 21.5. The van der Waals surface area contributed by atoms with E-state index in [1.165, 1.54) is 173 Å². The van der Waals surface area contributed by atoms with Crippen LogP contribution in [0, 0.1) is 0 Å². The summed E-state index contributed by atoms with van der Waals surface area (Å²) in [5, 5.41) is 54.5. The fourth-order valence-electron chi connectivity index (χ4n) is 9.57. The molecule has 9 nitrogen and oxygen atoms in total. The Morgan fingerprint density at radius 2 is 0.827 bits per heavy atom. The molecule has 0 aliphatic carbocycles. The zero-order chi connectivity index (χ0) is 54.3. The topological polar surface area (TPSA) is 149 Å². The maximum Gasteiger partial charge on any atom is 0.220 e. The molecule has 75 heavy (non-hydrogen) atoms. The van der Waals surface area contributed by atoms with Gasteiger partial charge in [0.25, 0.3) is 0 Å². The van der Waals surface area contributed by atoms with Crippen molar-refractivity contribution in [1.82, 2.24) is 5.32 Å². The number of allylic oxidation sites excluding steroid dienone is 13. The van der Waals surface area contributed by atoms with Crippen LogP contribution in [-0.2, 0) is 14.3 Å². The molecule has 1 aliphatic heterocycles. The van der Waals surface area contributed by atoms with Gasteiger partial charge in [-0.3, -0.25) is 4.79 Å². The van der Waals surface area contributed by atoms with Gasteiger partial charge in [-0.2, -0.15) is 0 Å². The molecular weight excluding hydrogens is 935 g/mol. The Hall–Kier alpha value is -2.63. The van der Waals surface area contributed by atoms with Gasteiger partial charge < -0.3 is 40.3 Å². The molecule has 0 radical (unpaired) electrons. The molecule has 9 heteroatoms.